The molecule has 0 fully saturated rings. The van der Waals surface area contributed by atoms with Crippen molar-refractivity contribution in [3.63, 3.8) is 0 Å². The SMILES string of the molecule is Nc1cccc(O)c1NCc1ccc2ccccc2c1. The summed E-state index contributed by atoms with van der Waals surface area (Å²) in [5.74, 6) is 0.172. The van der Waals surface area contributed by atoms with E-state index >= 15 is 0 Å². The summed E-state index contributed by atoms with van der Waals surface area (Å²) in [6.45, 7) is 0.618. The number of aromatic hydroxyl groups is 1. The maximum Gasteiger partial charge on any atom is 0.140 e. The van der Waals surface area contributed by atoms with E-state index in [9.17, 15) is 5.11 Å². The van der Waals surface area contributed by atoms with Crippen LogP contribution in [0.15, 0.2) is 60.7 Å². The minimum absolute atomic E-state index is 0.172. The number of fused-ring (bicyclic) bond motifs is 1. The Morgan fingerprint density at radius 3 is 2.50 bits per heavy atom. The van der Waals surface area contributed by atoms with Gasteiger partial charge in [-0.2, -0.15) is 0 Å². The molecule has 3 heteroatoms. The first-order valence-corrected chi connectivity index (χ1v) is 6.53. The zero-order valence-electron chi connectivity index (χ0n) is 11.0. The van der Waals surface area contributed by atoms with E-state index in [1.54, 1.807) is 18.2 Å². The van der Waals surface area contributed by atoms with Crippen molar-refractivity contribution in [2.45, 2.75) is 6.54 Å². The standard InChI is InChI=1S/C17H16N2O/c18-15-6-3-7-16(20)17(15)19-11-12-8-9-13-4-1-2-5-14(13)10-12/h1-10,19-20H,11,18H2. The largest absolute Gasteiger partial charge is 0.506 e. The van der Waals surface area contributed by atoms with Crippen molar-refractivity contribution >= 4 is 22.1 Å². The van der Waals surface area contributed by atoms with Crippen LogP contribution >= 0.6 is 0 Å². The van der Waals surface area contributed by atoms with E-state index < -0.39 is 0 Å². The van der Waals surface area contributed by atoms with Gasteiger partial charge in [-0.3, -0.25) is 0 Å². The van der Waals surface area contributed by atoms with Gasteiger partial charge in [-0.25, -0.2) is 0 Å². The zero-order chi connectivity index (χ0) is 13.9. The monoisotopic (exact) mass is 264 g/mol. The van der Waals surface area contributed by atoms with Gasteiger partial charge in [0.1, 0.15) is 11.4 Å². The van der Waals surface area contributed by atoms with Crippen LogP contribution in [0.3, 0.4) is 0 Å². The number of hydrogen-bond acceptors (Lipinski definition) is 3. The molecule has 20 heavy (non-hydrogen) atoms. The molecule has 3 nitrogen and oxygen atoms in total. The van der Waals surface area contributed by atoms with Gasteiger partial charge in [0.05, 0.1) is 5.69 Å². The highest BCUT2D eigenvalue weighted by atomic mass is 16.3. The summed E-state index contributed by atoms with van der Waals surface area (Å²) >= 11 is 0. The van der Waals surface area contributed by atoms with Crippen LogP contribution in [0.1, 0.15) is 5.56 Å². The van der Waals surface area contributed by atoms with Crippen molar-refractivity contribution in [3.8, 4) is 5.75 Å². The number of anilines is 2. The molecule has 3 aromatic carbocycles. The summed E-state index contributed by atoms with van der Waals surface area (Å²) in [6.07, 6.45) is 0. The molecule has 0 unspecified atom stereocenters. The van der Waals surface area contributed by atoms with Crippen LogP contribution in [0.4, 0.5) is 11.4 Å². The van der Waals surface area contributed by atoms with E-state index in [0.29, 0.717) is 17.9 Å². The van der Waals surface area contributed by atoms with E-state index in [2.05, 4.69) is 35.6 Å². The molecule has 0 aliphatic heterocycles. The molecule has 0 aliphatic carbocycles. The van der Waals surface area contributed by atoms with Gasteiger partial charge >= 0.3 is 0 Å². The molecule has 0 aliphatic rings. The van der Waals surface area contributed by atoms with Crippen molar-refractivity contribution in [2.75, 3.05) is 11.1 Å². The molecule has 0 bridgehead atoms. The van der Waals surface area contributed by atoms with Crippen molar-refractivity contribution in [1.29, 1.82) is 0 Å². The van der Waals surface area contributed by atoms with Crippen LogP contribution in [0.25, 0.3) is 10.8 Å². The molecular weight excluding hydrogens is 248 g/mol. The second-order valence-corrected chi connectivity index (χ2v) is 4.78. The predicted molar refractivity (Wildman–Crippen MR) is 83.8 cm³/mol. The highest BCUT2D eigenvalue weighted by molar-refractivity contribution is 5.83. The van der Waals surface area contributed by atoms with Crippen LogP contribution in [-0.2, 0) is 6.54 Å². The molecule has 0 radical (unpaired) electrons. The van der Waals surface area contributed by atoms with Crippen LogP contribution < -0.4 is 11.1 Å². The molecule has 0 saturated carbocycles. The number of hydrogen-bond donors (Lipinski definition) is 3. The Bertz CT molecular complexity index is 733. The lowest BCUT2D eigenvalue weighted by atomic mass is 10.1. The van der Waals surface area contributed by atoms with Crippen molar-refractivity contribution in [1.82, 2.24) is 0 Å². The maximum absolute atomic E-state index is 9.80. The first kappa shape index (κ1) is 12.4. The number of phenols is 1. The Labute approximate surface area is 117 Å². The number of para-hydroxylation sites is 1. The Kier molecular flexibility index (Phi) is 3.17. The molecule has 0 heterocycles. The van der Waals surface area contributed by atoms with Crippen molar-refractivity contribution < 1.29 is 5.11 Å². The van der Waals surface area contributed by atoms with Crippen LogP contribution in [-0.4, -0.2) is 5.11 Å². The summed E-state index contributed by atoms with van der Waals surface area (Å²) in [6, 6.07) is 19.7. The maximum atomic E-state index is 9.80. The third-order valence-corrected chi connectivity index (χ3v) is 3.36. The predicted octanol–water partition coefficient (Wildman–Crippen LogP) is 3.74. The molecule has 4 N–H and O–H groups in total. The Morgan fingerprint density at radius 2 is 1.70 bits per heavy atom. The minimum atomic E-state index is 0.172. The summed E-state index contributed by atoms with van der Waals surface area (Å²) in [5, 5.41) is 15.4. The third-order valence-electron chi connectivity index (χ3n) is 3.36. The van der Waals surface area contributed by atoms with Crippen molar-refractivity contribution in [3.05, 3.63) is 66.2 Å². The zero-order valence-corrected chi connectivity index (χ0v) is 11.0. The smallest absolute Gasteiger partial charge is 0.140 e. The number of nitrogens with one attached hydrogen (secondary N) is 1. The molecule has 0 spiro atoms. The number of nitrogen functional groups attached to an aromatic ring is 1. The lowest BCUT2D eigenvalue weighted by molar-refractivity contribution is 0.477. The molecule has 0 amide bonds. The Morgan fingerprint density at radius 1 is 0.900 bits per heavy atom. The Hall–Kier alpha value is -2.68. The fraction of sp³-hybridized carbons (Fsp3) is 0.0588. The number of phenolic OH excluding ortho intramolecular Hbond substituents is 1. The van der Waals surface area contributed by atoms with Gasteiger partial charge in [-0.15, -0.1) is 0 Å². The topological polar surface area (TPSA) is 58.3 Å². The van der Waals surface area contributed by atoms with Gasteiger partial charge in [-0.1, -0.05) is 42.5 Å². The molecule has 0 atom stereocenters. The van der Waals surface area contributed by atoms with E-state index in [0.717, 1.165) is 5.56 Å². The second kappa shape index (κ2) is 5.13. The van der Waals surface area contributed by atoms with Crippen LogP contribution in [0.2, 0.25) is 0 Å². The summed E-state index contributed by atoms with van der Waals surface area (Å²) in [7, 11) is 0. The fourth-order valence-electron chi connectivity index (χ4n) is 2.29. The quantitative estimate of drug-likeness (QED) is 0.499. The average Bonchev–Trinajstić information content (AvgIpc) is 2.46. The van der Waals surface area contributed by atoms with Crippen LogP contribution in [0.5, 0.6) is 5.75 Å². The number of rotatable bonds is 3. The Balaban J connectivity index is 1.83. The van der Waals surface area contributed by atoms with Gasteiger partial charge < -0.3 is 16.2 Å². The summed E-state index contributed by atoms with van der Waals surface area (Å²) < 4.78 is 0. The van der Waals surface area contributed by atoms with Gasteiger partial charge in [0, 0.05) is 6.54 Å². The van der Waals surface area contributed by atoms with Gasteiger partial charge in [0.25, 0.3) is 0 Å². The molecule has 0 saturated heterocycles. The lowest BCUT2D eigenvalue weighted by Gasteiger charge is -2.11. The van der Waals surface area contributed by atoms with E-state index in [4.69, 9.17) is 5.73 Å². The first-order valence-electron chi connectivity index (χ1n) is 6.53. The first-order chi connectivity index (χ1) is 9.74. The average molecular weight is 264 g/mol. The van der Waals surface area contributed by atoms with E-state index in [-0.39, 0.29) is 5.75 Å². The van der Waals surface area contributed by atoms with E-state index in [1.807, 2.05) is 12.1 Å². The fourth-order valence-corrected chi connectivity index (χ4v) is 2.29. The third kappa shape index (κ3) is 2.38. The highest BCUT2D eigenvalue weighted by Gasteiger charge is 2.04. The van der Waals surface area contributed by atoms with Gasteiger partial charge in [0.2, 0.25) is 0 Å². The lowest BCUT2D eigenvalue weighted by Crippen LogP contribution is -2.02. The molecule has 0 aromatic heterocycles. The number of nitrogens with two attached hydrogens (primary N) is 1. The van der Waals surface area contributed by atoms with Crippen molar-refractivity contribution in [2.24, 2.45) is 0 Å². The second-order valence-electron chi connectivity index (χ2n) is 4.78. The molecule has 3 rings (SSSR count). The molecule has 3 aromatic rings. The van der Waals surface area contributed by atoms with E-state index in [1.165, 1.54) is 10.8 Å². The van der Waals surface area contributed by atoms with Crippen LogP contribution in [0, 0.1) is 0 Å². The molecule has 100 valence electrons. The summed E-state index contributed by atoms with van der Waals surface area (Å²) in [5.41, 5.74) is 8.13. The highest BCUT2D eigenvalue weighted by Crippen LogP contribution is 2.29. The number of benzene rings is 3. The van der Waals surface area contributed by atoms with Gasteiger partial charge in [-0.05, 0) is 34.5 Å². The normalized spacial score (nSPS) is 10.6. The molecular formula is C17H16N2O. The minimum Gasteiger partial charge on any atom is -0.506 e. The summed E-state index contributed by atoms with van der Waals surface area (Å²) in [4.78, 5) is 0. The van der Waals surface area contributed by atoms with Gasteiger partial charge in [0.15, 0.2) is 0 Å².